The van der Waals surface area contributed by atoms with Crippen LogP contribution in [0.2, 0.25) is 0 Å². The fourth-order valence-corrected chi connectivity index (χ4v) is 1.69. The summed E-state index contributed by atoms with van der Waals surface area (Å²) in [5.74, 6) is 5.84. The molecular formula is C11H19N5O3. The van der Waals surface area contributed by atoms with E-state index in [9.17, 15) is 10.1 Å². The maximum absolute atomic E-state index is 11.0. The number of nitrogens with zero attached hydrogens (tertiary/aromatic N) is 3. The summed E-state index contributed by atoms with van der Waals surface area (Å²) >= 11 is 0. The van der Waals surface area contributed by atoms with Crippen molar-refractivity contribution >= 4 is 17.3 Å². The van der Waals surface area contributed by atoms with Crippen LogP contribution in [0.1, 0.15) is 19.8 Å². The number of hydrazine groups is 1. The number of nitrogens with one attached hydrogen (secondary N) is 1. The molecule has 0 saturated heterocycles. The second-order valence-electron chi connectivity index (χ2n) is 4.00. The zero-order chi connectivity index (χ0) is 14.3. The highest BCUT2D eigenvalue weighted by atomic mass is 16.6. The van der Waals surface area contributed by atoms with E-state index in [0.717, 1.165) is 12.8 Å². The number of nitrogens with two attached hydrogens (primary N) is 1. The third kappa shape index (κ3) is 4.04. The molecule has 0 aliphatic carbocycles. The summed E-state index contributed by atoms with van der Waals surface area (Å²) < 4.78 is 0. The number of nitrogen functional groups attached to an aromatic ring is 1. The van der Waals surface area contributed by atoms with Crippen molar-refractivity contribution in [1.29, 1.82) is 0 Å². The molecule has 4 N–H and O–H groups in total. The molecule has 1 aromatic rings. The number of rotatable bonds is 8. The first-order chi connectivity index (χ1) is 9.13. The van der Waals surface area contributed by atoms with Gasteiger partial charge in [-0.25, -0.2) is 10.8 Å². The van der Waals surface area contributed by atoms with E-state index < -0.39 is 4.92 Å². The predicted molar refractivity (Wildman–Crippen MR) is 72.9 cm³/mol. The van der Waals surface area contributed by atoms with Crippen LogP contribution >= 0.6 is 0 Å². The van der Waals surface area contributed by atoms with Gasteiger partial charge in [-0.3, -0.25) is 10.1 Å². The van der Waals surface area contributed by atoms with Crippen LogP contribution in [0.5, 0.6) is 0 Å². The summed E-state index contributed by atoms with van der Waals surface area (Å²) in [5, 5.41) is 20.1. The van der Waals surface area contributed by atoms with Crippen molar-refractivity contribution in [2.75, 3.05) is 30.0 Å². The Morgan fingerprint density at radius 1 is 1.53 bits per heavy atom. The predicted octanol–water partition coefficient (Wildman–Crippen LogP) is 0.874. The van der Waals surface area contributed by atoms with E-state index in [1.54, 1.807) is 4.90 Å². The Labute approximate surface area is 111 Å². The van der Waals surface area contributed by atoms with E-state index in [4.69, 9.17) is 10.9 Å². The molecule has 0 saturated carbocycles. The van der Waals surface area contributed by atoms with E-state index in [1.165, 1.54) is 12.1 Å². The first kappa shape index (κ1) is 15.1. The van der Waals surface area contributed by atoms with Crippen LogP contribution in [0.4, 0.5) is 17.3 Å². The summed E-state index contributed by atoms with van der Waals surface area (Å²) in [6.45, 7) is 2.82. The van der Waals surface area contributed by atoms with Gasteiger partial charge in [-0.2, -0.15) is 0 Å². The second kappa shape index (κ2) is 7.49. The largest absolute Gasteiger partial charge is 0.395 e. The van der Waals surface area contributed by atoms with Gasteiger partial charge in [0.1, 0.15) is 5.82 Å². The van der Waals surface area contributed by atoms with E-state index in [-0.39, 0.29) is 18.1 Å². The molecule has 1 rings (SSSR count). The van der Waals surface area contributed by atoms with Crippen LogP contribution in [0.3, 0.4) is 0 Å². The highest BCUT2D eigenvalue weighted by Gasteiger charge is 2.21. The van der Waals surface area contributed by atoms with Gasteiger partial charge in [0.2, 0.25) is 5.82 Å². The topological polar surface area (TPSA) is 118 Å². The fraction of sp³-hybridized carbons (Fsp3) is 0.545. The van der Waals surface area contributed by atoms with Crippen molar-refractivity contribution in [3.8, 4) is 0 Å². The number of pyridine rings is 1. The highest BCUT2D eigenvalue weighted by Crippen LogP contribution is 2.27. The molecule has 0 aromatic carbocycles. The molecule has 1 aromatic heterocycles. The zero-order valence-corrected chi connectivity index (χ0v) is 10.9. The molecule has 19 heavy (non-hydrogen) atoms. The van der Waals surface area contributed by atoms with Crippen LogP contribution in [-0.2, 0) is 0 Å². The molecule has 106 valence electrons. The standard InChI is InChI=1S/C11H19N5O3/c1-2-3-6-15(7-8-17)11-9(16(18)19)4-5-10(13-11)14-12/h4-5,17H,2-3,6-8,12H2,1H3,(H,13,14). The monoisotopic (exact) mass is 269 g/mol. The Bertz CT molecular complexity index is 427. The fourth-order valence-electron chi connectivity index (χ4n) is 1.69. The number of aliphatic hydroxyl groups excluding tert-OH is 1. The first-order valence-corrected chi connectivity index (χ1v) is 6.11. The third-order valence-corrected chi connectivity index (χ3v) is 2.65. The Kier molecular flexibility index (Phi) is 5.97. The minimum atomic E-state index is -0.487. The molecule has 0 fully saturated rings. The SMILES string of the molecule is CCCCN(CCO)c1nc(NN)ccc1[N+](=O)[O-]. The number of hydrogen-bond donors (Lipinski definition) is 3. The van der Waals surface area contributed by atoms with Crippen LogP contribution in [-0.4, -0.2) is 34.7 Å². The third-order valence-electron chi connectivity index (χ3n) is 2.65. The molecule has 8 nitrogen and oxygen atoms in total. The van der Waals surface area contributed by atoms with E-state index in [1.807, 2.05) is 6.92 Å². The van der Waals surface area contributed by atoms with Crippen molar-refractivity contribution in [3.05, 3.63) is 22.2 Å². The van der Waals surface area contributed by atoms with Gasteiger partial charge in [-0.05, 0) is 12.5 Å². The summed E-state index contributed by atoms with van der Waals surface area (Å²) in [6, 6.07) is 2.80. The van der Waals surface area contributed by atoms with E-state index >= 15 is 0 Å². The maximum atomic E-state index is 11.0. The van der Waals surface area contributed by atoms with Gasteiger partial charge in [-0.15, -0.1) is 0 Å². The van der Waals surface area contributed by atoms with E-state index in [2.05, 4.69) is 10.4 Å². The summed E-state index contributed by atoms with van der Waals surface area (Å²) in [6.07, 6.45) is 1.81. The molecule has 0 unspecified atom stereocenters. The smallest absolute Gasteiger partial charge is 0.311 e. The van der Waals surface area contributed by atoms with Gasteiger partial charge in [0.05, 0.1) is 11.5 Å². The number of anilines is 2. The molecule has 0 radical (unpaired) electrons. The molecule has 0 atom stereocenters. The molecule has 0 aliphatic heterocycles. The average molecular weight is 269 g/mol. The van der Waals surface area contributed by atoms with Gasteiger partial charge in [0.15, 0.2) is 0 Å². The molecular weight excluding hydrogens is 250 g/mol. The minimum absolute atomic E-state index is 0.0939. The van der Waals surface area contributed by atoms with Crippen LogP contribution in [0.15, 0.2) is 12.1 Å². The van der Waals surface area contributed by atoms with Gasteiger partial charge in [-0.1, -0.05) is 13.3 Å². The lowest BCUT2D eigenvalue weighted by molar-refractivity contribution is -0.384. The normalized spacial score (nSPS) is 10.3. The average Bonchev–Trinajstić information content (AvgIpc) is 2.42. The summed E-state index contributed by atoms with van der Waals surface area (Å²) in [4.78, 5) is 16.4. The zero-order valence-electron chi connectivity index (χ0n) is 10.9. The Morgan fingerprint density at radius 2 is 2.26 bits per heavy atom. The minimum Gasteiger partial charge on any atom is -0.395 e. The van der Waals surface area contributed by atoms with Crippen LogP contribution < -0.4 is 16.2 Å². The van der Waals surface area contributed by atoms with Gasteiger partial charge < -0.3 is 15.4 Å². The van der Waals surface area contributed by atoms with Gasteiger partial charge in [0, 0.05) is 19.2 Å². The second-order valence-corrected chi connectivity index (χ2v) is 4.00. The molecule has 0 aliphatic rings. The molecule has 0 bridgehead atoms. The summed E-state index contributed by atoms with van der Waals surface area (Å²) in [7, 11) is 0. The van der Waals surface area contributed by atoms with Gasteiger partial charge >= 0.3 is 5.69 Å². The van der Waals surface area contributed by atoms with Gasteiger partial charge in [0.25, 0.3) is 0 Å². The lowest BCUT2D eigenvalue weighted by atomic mass is 10.3. The number of unbranched alkanes of at least 4 members (excludes halogenated alkanes) is 1. The Balaban J connectivity index is 3.12. The van der Waals surface area contributed by atoms with Crippen molar-refractivity contribution in [1.82, 2.24) is 4.98 Å². The van der Waals surface area contributed by atoms with Crippen molar-refractivity contribution in [3.63, 3.8) is 0 Å². The molecule has 0 spiro atoms. The number of hydrogen-bond acceptors (Lipinski definition) is 7. The lowest BCUT2D eigenvalue weighted by Gasteiger charge is -2.22. The molecule has 8 heteroatoms. The Hall–Kier alpha value is -1.93. The molecule has 0 amide bonds. The van der Waals surface area contributed by atoms with Crippen molar-refractivity contribution in [2.24, 2.45) is 5.84 Å². The lowest BCUT2D eigenvalue weighted by Crippen LogP contribution is -2.29. The number of aromatic nitrogens is 1. The van der Waals surface area contributed by atoms with Crippen molar-refractivity contribution in [2.45, 2.75) is 19.8 Å². The van der Waals surface area contributed by atoms with Crippen LogP contribution in [0, 0.1) is 10.1 Å². The maximum Gasteiger partial charge on any atom is 0.311 e. The first-order valence-electron chi connectivity index (χ1n) is 6.11. The van der Waals surface area contributed by atoms with Crippen molar-refractivity contribution < 1.29 is 10.0 Å². The Morgan fingerprint density at radius 3 is 2.79 bits per heavy atom. The highest BCUT2D eigenvalue weighted by molar-refractivity contribution is 5.61. The van der Waals surface area contributed by atoms with Crippen LogP contribution in [0.25, 0.3) is 0 Å². The molecule has 1 heterocycles. The van der Waals surface area contributed by atoms with E-state index in [0.29, 0.717) is 18.9 Å². The number of nitro groups is 1. The quantitative estimate of drug-likeness (QED) is 0.364. The number of aliphatic hydroxyl groups is 1. The summed E-state index contributed by atoms with van der Waals surface area (Å²) in [5.41, 5.74) is 2.27.